The van der Waals surface area contributed by atoms with Crippen LogP contribution in [0.5, 0.6) is 0 Å². The first kappa shape index (κ1) is 13.5. The minimum absolute atomic E-state index is 0.140. The molecular formula is C15H20N2O2. The molecule has 0 saturated carbocycles. The van der Waals surface area contributed by atoms with Crippen LogP contribution in [0, 0.1) is 11.8 Å². The predicted molar refractivity (Wildman–Crippen MR) is 77.1 cm³/mol. The number of rotatable bonds is 5. The Morgan fingerprint density at radius 2 is 2.11 bits per heavy atom. The first-order valence-electron chi connectivity index (χ1n) is 6.51. The van der Waals surface area contributed by atoms with Crippen LogP contribution in [-0.4, -0.2) is 24.6 Å². The van der Waals surface area contributed by atoms with Crippen LogP contribution in [0.1, 0.15) is 13.8 Å². The van der Waals surface area contributed by atoms with E-state index in [2.05, 4.69) is 16.4 Å². The molecule has 1 aromatic carbocycles. The Bertz CT molecular complexity index is 560. The van der Waals surface area contributed by atoms with E-state index >= 15 is 0 Å². The van der Waals surface area contributed by atoms with Crippen LogP contribution < -0.4 is 5.32 Å². The summed E-state index contributed by atoms with van der Waals surface area (Å²) in [6.45, 7) is 4.63. The monoisotopic (exact) mass is 260 g/mol. The second-order valence-electron chi connectivity index (χ2n) is 5.00. The Kier molecular flexibility index (Phi) is 4.10. The number of hydrogen-bond acceptors (Lipinski definition) is 3. The number of benzene rings is 1. The molecule has 0 aliphatic carbocycles. The lowest BCUT2D eigenvalue weighted by Gasteiger charge is -2.19. The molecule has 1 aromatic heterocycles. The molecule has 0 amide bonds. The molecule has 0 spiro atoms. The van der Waals surface area contributed by atoms with Gasteiger partial charge in [-0.05, 0) is 12.0 Å². The second-order valence-corrected chi connectivity index (χ2v) is 5.00. The maximum Gasteiger partial charge on any atom is 0.310 e. The number of para-hydroxylation sites is 1. The van der Waals surface area contributed by atoms with Crippen LogP contribution in [0.2, 0.25) is 0 Å². The third-order valence-electron chi connectivity index (χ3n) is 3.41. The Balaban J connectivity index is 2.11. The lowest BCUT2D eigenvalue weighted by Crippen LogP contribution is -2.28. The predicted octanol–water partition coefficient (Wildman–Crippen LogP) is 3.03. The van der Waals surface area contributed by atoms with Gasteiger partial charge in [-0.3, -0.25) is 4.79 Å². The molecule has 1 atom stereocenters. The minimum atomic E-state index is -0.164. The van der Waals surface area contributed by atoms with Crippen LogP contribution in [0.15, 0.2) is 30.5 Å². The summed E-state index contributed by atoms with van der Waals surface area (Å²) in [4.78, 5) is 14.9. The molecule has 0 aliphatic heterocycles. The molecule has 4 nitrogen and oxygen atoms in total. The summed E-state index contributed by atoms with van der Waals surface area (Å²) in [6, 6.07) is 8.08. The number of H-pyrrole nitrogens is 1. The van der Waals surface area contributed by atoms with Gasteiger partial charge in [0, 0.05) is 23.6 Å². The average molecular weight is 260 g/mol. The van der Waals surface area contributed by atoms with Gasteiger partial charge in [-0.25, -0.2) is 0 Å². The number of carbonyl (C=O) groups is 1. The van der Waals surface area contributed by atoms with Crippen molar-refractivity contribution in [3.05, 3.63) is 30.5 Å². The fourth-order valence-electron chi connectivity index (χ4n) is 2.18. The number of carbonyl (C=O) groups excluding carboxylic acids is 1. The van der Waals surface area contributed by atoms with E-state index in [0.717, 1.165) is 16.6 Å². The maximum absolute atomic E-state index is 11.7. The molecular weight excluding hydrogens is 240 g/mol. The summed E-state index contributed by atoms with van der Waals surface area (Å²) in [7, 11) is 1.43. The number of aromatic nitrogens is 1. The fourth-order valence-corrected chi connectivity index (χ4v) is 2.18. The Morgan fingerprint density at radius 3 is 2.79 bits per heavy atom. The largest absolute Gasteiger partial charge is 0.469 e. The quantitative estimate of drug-likeness (QED) is 0.812. The zero-order valence-corrected chi connectivity index (χ0v) is 11.6. The fraction of sp³-hybridized carbons (Fsp3) is 0.400. The number of esters is 1. The summed E-state index contributed by atoms with van der Waals surface area (Å²) in [5.41, 5.74) is 2.11. The number of ether oxygens (including phenoxy) is 1. The molecule has 0 saturated heterocycles. The smallest absolute Gasteiger partial charge is 0.310 e. The van der Waals surface area contributed by atoms with Crippen molar-refractivity contribution in [2.45, 2.75) is 13.8 Å². The van der Waals surface area contributed by atoms with Gasteiger partial charge in [-0.2, -0.15) is 0 Å². The van der Waals surface area contributed by atoms with E-state index in [-0.39, 0.29) is 17.8 Å². The molecule has 19 heavy (non-hydrogen) atoms. The van der Waals surface area contributed by atoms with E-state index in [1.54, 1.807) is 0 Å². The molecule has 2 aromatic rings. The van der Waals surface area contributed by atoms with Crippen molar-refractivity contribution in [1.29, 1.82) is 0 Å². The van der Waals surface area contributed by atoms with Crippen molar-refractivity contribution in [3.63, 3.8) is 0 Å². The Hall–Kier alpha value is -1.97. The van der Waals surface area contributed by atoms with Crippen LogP contribution >= 0.6 is 0 Å². The van der Waals surface area contributed by atoms with E-state index < -0.39 is 0 Å². The van der Waals surface area contributed by atoms with Gasteiger partial charge in [0.05, 0.1) is 18.7 Å². The van der Waals surface area contributed by atoms with Crippen molar-refractivity contribution in [2.75, 3.05) is 19.0 Å². The summed E-state index contributed by atoms with van der Waals surface area (Å²) >= 11 is 0. The van der Waals surface area contributed by atoms with Crippen LogP contribution in [0.3, 0.4) is 0 Å². The summed E-state index contributed by atoms with van der Waals surface area (Å²) in [6.07, 6.45) is 1.93. The summed E-state index contributed by atoms with van der Waals surface area (Å²) in [5, 5.41) is 4.47. The van der Waals surface area contributed by atoms with E-state index in [1.165, 1.54) is 7.11 Å². The van der Waals surface area contributed by atoms with Gasteiger partial charge in [0.15, 0.2) is 0 Å². The number of methoxy groups -OCH3 is 1. The molecule has 0 aliphatic rings. The molecule has 1 heterocycles. The SMILES string of the molecule is COC(=O)C(CNc1c[nH]c2ccccc12)C(C)C. The molecule has 1 unspecified atom stereocenters. The normalized spacial score (nSPS) is 12.6. The van der Waals surface area contributed by atoms with Gasteiger partial charge in [0.1, 0.15) is 0 Å². The van der Waals surface area contributed by atoms with Crippen molar-refractivity contribution >= 4 is 22.6 Å². The molecule has 102 valence electrons. The van der Waals surface area contributed by atoms with E-state index in [1.807, 2.05) is 38.2 Å². The van der Waals surface area contributed by atoms with Crippen molar-refractivity contribution in [1.82, 2.24) is 4.98 Å². The average Bonchev–Trinajstić information content (AvgIpc) is 2.82. The third kappa shape index (κ3) is 2.89. The van der Waals surface area contributed by atoms with E-state index in [9.17, 15) is 4.79 Å². The molecule has 2 rings (SSSR count). The van der Waals surface area contributed by atoms with Gasteiger partial charge in [-0.15, -0.1) is 0 Å². The first-order chi connectivity index (χ1) is 9.13. The molecule has 4 heteroatoms. The highest BCUT2D eigenvalue weighted by Gasteiger charge is 2.22. The van der Waals surface area contributed by atoms with Gasteiger partial charge in [0.2, 0.25) is 0 Å². The zero-order valence-electron chi connectivity index (χ0n) is 11.6. The first-order valence-corrected chi connectivity index (χ1v) is 6.51. The molecule has 0 radical (unpaired) electrons. The lowest BCUT2D eigenvalue weighted by atomic mass is 9.96. The molecule has 0 bridgehead atoms. The number of hydrogen-bond donors (Lipinski definition) is 2. The van der Waals surface area contributed by atoms with E-state index in [0.29, 0.717) is 6.54 Å². The van der Waals surface area contributed by atoms with Gasteiger partial charge in [0.25, 0.3) is 0 Å². The summed E-state index contributed by atoms with van der Waals surface area (Å²) < 4.78 is 4.84. The topological polar surface area (TPSA) is 54.1 Å². The van der Waals surface area contributed by atoms with Gasteiger partial charge >= 0.3 is 5.97 Å². The van der Waals surface area contributed by atoms with Crippen molar-refractivity contribution in [3.8, 4) is 0 Å². The zero-order chi connectivity index (χ0) is 13.8. The van der Waals surface area contributed by atoms with Gasteiger partial charge < -0.3 is 15.0 Å². The second kappa shape index (κ2) is 5.78. The standard InChI is InChI=1S/C15H20N2O2/c1-10(2)12(15(18)19-3)8-16-14-9-17-13-7-5-4-6-11(13)14/h4-7,9-10,12,16-17H,8H2,1-3H3. The van der Waals surface area contributed by atoms with Crippen molar-refractivity contribution in [2.24, 2.45) is 11.8 Å². The lowest BCUT2D eigenvalue weighted by molar-refractivity contribution is -0.146. The number of anilines is 1. The van der Waals surface area contributed by atoms with Crippen LogP contribution in [-0.2, 0) is 9.53 Å². The number of aromatic amines is 1. The van der Waals surface area contributed by atoms with Gasteiger partial charge in [-0.1, -0.05) is 32.0 Å². The van der Waals surface area contributed by atoms with Crippen LogP contribution in [0.25, 0.3) is 10.9 Å². The number of fused-ring (bicyclic) bond motifs is 1. The summed E-state index contributed by atoms with van der Waals surface area (Å²) in [5.74, 6) is -0.0637. The maximum atomic E-state index is 11.7. The Labute approximate surface area is 113 Å². The Morgan fingerprint density at radius 1 is 1.37 bits per heavy atom. The molecule has 2 N–H and O–H groups in total. The highest BCUT2D eigenvalue weighted by atomic mass is 16.5. The molecule has 0 fully saturated rings. The number of nitrogens with one attached hydrogen (secondary N) is 2. The minimum Gasteiger partial charge on any atom is -0.469 e. The third-order valence-corrected chi connectivity index (χ3v) is 3.41. The highest BCUT2D eigenvalue weighted by molar-refractivity contribution is 5.92. The van der Waals surface area contributed by atoms with Crippen LogP contribution in [0.4, 0.5) is 5.69 Å². The van der Waals surface area contributed by atoms with Crippen molar-refractivity contribution < 1.29 is 9.53 Å². The highest BCUT2D eigenvalue weighted by Crippen LogP contribution is 2.23. The van der Waals surface area contributed by atoms with E-state index in [4.69, 9.17) is 4.74 Å².